The van der Waals surface area contributed by atoms with Gasteiger partial charge in [-0.05, 0) is 28.1 Å². The van der Waals surface area contributed by atoms with E-state index in [1.54, 1.807) is 0 Å². The number of nitrogens with two attached hydrogens (primary N) is 1. The highest BCUT2D eigenvalue weighted by molar-refractivity contribution is 9.10. The van der Waals surface area contributed by atoms with Gasteiger partial charge in [-0.15, -0.1) is 0 Å². The van der Waals surface area contributed by atoms with Crippen LogP contribution in [0.15, 0.2) is 23.7 Å². The lowest BCUT2D eigenvalue weighted by Gasteiger charge is -2.16. The summed E-state index contributed by atoms with van der Waals surface area (Å²) in [6.45, 7) is 0. The summed E-state index contributed by atoms with van der Waals surface area (Å²) in [6.07, 6.45) is 2.08. The van der Waals surface area contributed by atoms with Crippen molar-refractivity contribution in [3.05, 3.63) is 23.7 Å². The first kappa shape index (κ1) is 7.72. The fourth-order valence-electron chi connectivity index (χ4n) is 0.670. The summed E-state index contributed by atoms with van der Waals surface area (Å²) in [4.78, 5) is 0. The van der Waals surface area contributed by atoms with Gasteiger partial charge in [0, 0.05) is 6.42 Å². The van der Waals surface area contributed by atoms with Gasteiger partial charge in [0.1, 0.15) is 5.83 Å². The van der Waals surface area contributed by atoms with Gasteiger partial charge in [0.05, 0.1) is 5.70 Å². The Morgan fingerprint density at radius 3 is 2.70 bits per heavy atom. The number of allylic oxidation sites excluding steroid dienone is 3. The number of alkyl halides is 2. The molecule has 0 saturated carbocycles. The van der Waals surface area contributed by atoms with Gasteiger partial charge in [0.15, 0.2) is 4.58 Å². The average molecular weight is 210 g/mol. The van der Waals surface area contributed by atoms with Crippen molar-refractivity contribution in [1.82, 2.24) is 0 Å². The monoisotopic (exact) mass is 209 g/mol. The molecular formula is C6H6BrF2N. The van der Waals surface area contributed by atoms with Crippen LogP contribution in [0.2, 0.25) is 0 Å². The van der Waals surface area contributed by atoms with Gasteiger partial charge in [0.25, 0.3) is 0 Å². The van der Waals surface area contributed by atoms with Crippen molar-refractivity contribution < 1.29 is 8.78 Å². The van der Waals surface area contributed by atoms with E-state index in [1.807, 2.05) is 0 Å². The Hall–Kier alpha value is -0.380. The van der Waals surface area contributed by atoms with Crippen LogP contribution in [0, 0.1) is 0 Å². The zero-order valence-electron chi connectivity index (χ0n) is 5.07. The first-order valence-corrected chi connectivity index (χ1v) is 3.52. The SMILES string of the molecule is NC1=C(F)CC(F)(Br)C=C1. The van der Waals surface area contributed by atoms with Gasteiger partial charge >= 0.3 is 0 Å². The fraction of sp³-hybridized carbons (Fsp3) is 0.333. The molecule has 0 bridgehead atoms. The molecule has 0 aromatic rings. The van der Waals surface area contributed by atoms with E-state index in [9.17, 15) is 8.78 Å². The Morgan fingerprint density at radius 1 is 1.70 bits per heavy atom. The van der Waals surface area contributed by atoms with Gasteiger partial charge in [-0.3, -0.25) is 0 Å². The first-order chi connectivity index (χ1) is 4.51. The maximum absolute atomic E-state index is 12.8. The van der Waals surface area contributed by atoms with E-state index in [0.717, 1.165) is 0 Å². The van der Waals surface area contributed by atoms with Crippen LogP contribution in [-0.2, 0) is 0 Å². The molecule has 1 aliphatic rings. The highest BCUT2D eigenvalue weighted by Crippen LogP contribution is 2.34. The summed E-state index contributed by atoms with van der Waals surface area (Å²) in [5, 5.41) is 0. The predicted octanol–water partition coefficient (Wildman–Crippen LogP) is 2.15. The van der Waals surface area contributed by atoms with Crippen LogP contribution in [0.5, 0.6) is 0 Å². The molecule has 0 fully saturated rings. The summed E-state index contributed by atoms with van der Waals surface area (Å²) in [7, 11) is 0. The van der Waals surface area contributed by atoms with Crippen molar-refractivity contribution in [3.63, 3.8) is 0 Å². The third-order valence-electron chi connectivity index (χ3n) is 1.21. The molecule has 0 heterocycles. The summed E-state index contributed by atoms with van der Waals surface area (Å²) in [6, 6.07) is 0. The Bertz CT molecular complexity index is 208. The topological polar surface area (TPSA) is 26.0 Å². The van der Waals surface area contributed by atoms with Gasteiger partial charge < -0.3 is 5.73 Å². The molecule has 1 nitrogen and oxygen atoms in total. The van der Waals surface area contributed by atoms with E-state index in [2.05, 4.69) is 15.9 Å². The van der Waals surface area contributed by atoms with Gasteiger partial charge in [-0.25, -0.2) is 8.78 Å². The van der Waals surface area contributed by atoms with Crippen LogP contribution in [-0.4, -0.2) is 4.58 Å². The molecule has 10 heavy (non-hydrogen) atoms. The van der Waals surface area contributed by atoms with E-state index >= 15 is 0 Å². The van der Waals surface area contributed by atoms with Crippen molar-refractivity contribution in [1.29, 1.82) is 0 Å². The fourth-order valence-corrected chi connectivity index (χ4v) is 1.05. The molecule has 4 heteroatoms. The summed E-state index contributed by atoms with van der Waals surface area (Å²) in [5.74, 6) is -0.609. The Balaban J connectivity index is 2.85. The maximum Gasteiger partial charge on any atom is 0.189 e. The Labute approximate surface area is 65.7 Å². The molecule has 1 aliphatic carbocycles. The first-order valence-electron chi connectivity index (χ1n) is 2.72. The number of hydrogen-bond donors (Lipinski definition) is 1. The molecule has 56 valence electrons. The van der Waals surface area contributed by atoms with Gasteiger partial charge in [-0.2, -0.15) is 0 Å². The third-order valence-corrected chi connectivity index (χ3v) is 1.76. The van der Waals surface area contributed by atoms with Crippen molar-refractivity contribution in [2.24, 2.45) is 5.73 Å². The molecule has 0 aromatic carbocycles. The van der Waals surface area contributed by atoms with Gasteiger partial charge in [-0.1, -0.05) is 0 Å². The van der Waals surface area contributed by atoms with E-state index in [4.69, 9.17) is 5.73 Å². The third kappa shape index (κ3) is 1.56. The number of rotatable bonds is 0. The van der Waals surface area contributed by atoms with Gasteiger partial charge in [0.2, 0.25) is 0 Å². The number of halogens is 3. The Morgan fingerprint density at radius 2 is 2.30 bits per heavy atom. The van der Waals surface area contributed by atoms with Crippen LogP contribution >= 0.6 is 15.9 Å². The van der Waals surface area contributed by atoms with E-state index in [-0.39, 0.29) is 12.1 Å². The van der Waals surface area contributed by atoms with E-state index in [1.165, 1.54) is 12.2 Å². The minimum Gasteiger partial charge on any atom is -0.397 e. The van der Waals surface area contributed by atoms with E-state index in [0.29, 0.717) is 0 Å². The zero-order chi connectivity index (χ0) is 7.78. The lowest BCUT2D eigenvalue weighted by molar-refractivity contribution is 0.336. The minimum atomic E-state index is -1.75. The highest BCUT2D eigenvalue weighted by Gasteiger charge is 2.27. The lowest BCUT2D eigenvalue weighted by Crippen LogP contribution is -2.16. The van der Waals surface area contributed by atoms with Crippen LogP contribution in [0.4, 0.5) is 8.78 Å². The standard InChI is InChI=1S/C6H6BrF2N/c7-6(9)2-1-5(10)4(8)3-6/h1-2H,3,10H2. The largest absolute Gasteiger partial charge is 0.397 e. The summed E-state index contributed by atoms with van der Waals surface area (Å²) < 4.78 is 23.6. The van der Waals surface area contributed by atoms with Crippen LogP contribution in [0.1, 0.15) is 6.42 Å². The molecule has 1 rings (SSSR count). The molecule has 1 unspecified atom stereocenters. The lowest BCUT2D eigenvalue weighted by atomic mass is 10.1. The molecule has 1 atom stereocenters. The van der Waals surface area contributed by atoms with Crippen molar-refractivity contribution in [2.45, 2.75) is 11.0 Å². The second-order valence-electron chi connectivity index (χ2n) is 2.13. The van der Waals surface area contributed by atoms with Crippen molar-refractivity contribution in [2.75, 3.05) is 0 Å². The average Bonchev–Trinajstić information content (AvgIpc) is 1.79. The smallest absolute Gasteiger partial charge is 0.189 e. The second kappa shape index (κ2) is 2.34. The van der Waals surface area contributed by atoms with Crippen LogP contribution in [0.25, 0.3) is 0 Å². The highest BCUT2D eigenvalue weighted by atomic mass is 79.9. The molecule has 0 aromatic heterocycles. The predicted molar refractivity (Wildman–Crippen MR) is 38.8 cm³/mol. The molecular weight excluding hydrogens is 204 g/mol. The second-order valence-corrected chi connectivity index (χ2v) is 3.45. The summed E-state index contributed by atoms with van der Waals surface area (Å²) >= 11 is 2.68. The minimum absolute atomic E-state index is 0.00715. The molecule has 0 radical (unpaired) electrons. The van der Waals surface area contributed by atoms with Crippen LogP contribution in [0.3, 0.4) is 0 Å². The van der Waals surface area contributed by atoms with Crippen molar-refractivity contribution in [3.8, 4) is 0 Å². The Kier molecular flexibility index (Phi) is 1.81. The molecule has 0 spiro atoms. The number of hydrogen-bond acceptors (Lipinski definition) is 1. The molecule has 0 saturated heterocycles. The summed E-state index contributed by atoms with van der Waals surface area (Å²) in [5.41, 5.74) is 5.14. The van der Waals surface area contributed by atoms with E-state index < -0.39 is 10.4 Å². The quantitative estimate of drug-likeness (QED) is 0.609. The molecule has 2 N–H and O–H groups in total. The molecule has 0 amide bonds. The van der Waals surface area contributed by atoms with Crippen LogP contribution < -0.4 is 5.73 Å². The maximum atomic E-state index is 12.8. The van der Waals surface area contributed by atoms with Crippen molar-refractivity contribution >= 4 is 15.9 Å². The zero-order valence-corrected chi connectivity index (χ0v) is 6.66. The molecule has 0 aliphatic heterocycles. The normalized spacial score (nSPS) is 33.1.